The van der Waals surface area contributed by atoms with Crippen LogP contribution in [0.5, 0.6) is 5.75 Å². The van der Waals surface area contributed by atoms with E-state index in [2.05, 4.69) is 5.32 Å². The maximum atomic E-state index is 13.2. The Balaban J connectivity index is 1.74. The van der Waals surface area contributed by atoms with Gasteiger partial charge in [0.05, 0.1) is 35.8 Å². The second kappa shape index (κ2) is 11.3. The number of benzene rings is 3. The molecule has 0 aromatic heterocycles. The van der Waals surface area contributed by atoms with E-state index in [1.807, 2.05) is 30.3 Å². The van der Waals surface area contributed by atoms with E-state index in [1.165, 1.54) is 11.0 Å². The Labute approximate surface area is 221 Å². The van der Waals surface area contributed by atoms with E-state index in [9.17, 15) is 19.5 Å². The topological polar surface area (TPSA) is 112 Å². The van der Waals surface area contributed by atoms with Gasteiger partial charge in [0.25, 0.3) is 0 Å². The maximum absolute atomic E-state index is 13.2. The number of esters is 1. The van der Waals surface area contributed by atoms with E-state index in [0.717, 1.165) is 5.56 Å². The minimum atomic E-state index is -0.741. The summed E-state index contributed by atoms with van der Waals surface area (Å²) in [5.74, 6) is -1.76. The van der Waals surface area contributed by atoms with Crippen molar-refractivity contribution >= 4 is 40.6 Å². The van der Waals surface area contributed by atoms with Crippen LogP contribution in [0.25, 0.3) is 0 Å². The molecule has 9 heteroatoms. The van der Waals surface area contributed by atoms with Gasteiger partial charge in [0.15, 0.2) is 0 Å². The molecule has 0 radical (unpaired) electrons. The van der Waals surface area contributed by atoms with Gasteiger partial charge >= 0.3 is 5.97 Å². The van der Waals surface area contributed by atoms with Crippen LogP contribution in [0, 0.1) is 0 Å². The van der Waals surface area contributed by atoms with E-state index in [0.29, 0.717) is 33.9 Å². The van der Waals surface area contributed by atoms with Crippen LogP contribution in [0.2, 0.25) is 0 Å². The number of aromatic hydroxyl groups is 1. The number of phenols is 1. The lowest BCUT2D eigenvalue weighted by molar-refractivity contribution is -0.119. The highest BCUT2D eigenvalue weighted by molar-refractivity contribution is 6.24. The van der Waals surface area contributed by atoms with Crippen molar-refractivity contribution < 1.29 is 24.2 Å². The predicted octanol–water partition coefficient (Wildman–Crippen LogP) is 3.95. The molecule has 3 aromatic carbocycles. The number of amides is 2. The Morgan fingerprint density at radius 3 is 2.39 bits per heavy atom. The third-order valence-electron chi connectivity index (χ3n) is 6.13. The van der Waals surface area contributed by atoms with Gasteiger partial charge in [-0.1, -0.05) is 36.4 Å². The summed E-state index contributed by atoms with van der Waals surface area (Å²) in [6, 6.07) is 19.1. The van der Waals surface area contributed by atoms with Gasteiger partial charge in [-0.05, 0) is 56.4 Å². The minimum Gasteiger partial charge on any atom is -0.506 e. The van der Waals surface area contributed by atoms with E-state index in [-0.39, 0.29) is 30.7 Å². The molecule has 0 aliphatic carbocycles. The van der Waals surface area contributed by atoms with Gasteiger partial charge in [-0.25, -0.2) is 4.79 Å². The number of phenolic OH excluding ortho intramolecular Hbond substituents is 1. The Kier molecular flexibility index (Phi) is 7.87. The molecule has 196 valence electrons. The summed E-state index contributed by atoms with van der Waals surface area (Å²) in [6.45, 7) is 2.18. The molecular weight excluding hydrogens is 484 g/mol. The number of anilines is 2. The van der Waals surface area contributed by atoms with E-state index in [4.69, 9.17) is 9.73 Å². The molecule has 2 amide bonds. The summed E-state index contributed by atoms with van der Waals surface area (Å²) < 4.78 is 5.08. The number of hydrogen-bond acceptors (Lipinski definition) is 7. The second-order valence-electron chi connectivity index (χ2n) is 9.17. The number of rotatable bonds is 8. The molecule has 0 saturated carbocycles. The van der Waals surface area contributed by atoms with Crippen molar-refractivity contribution in [1.82, 2.24) is 4.90 Å². The number of fused-ring (bicyclic) bond motifs is 1. The molecule has 0 bridgehead atoms. The fraction of sp³-hybridized carbons (Fsp3) is 0.241. The standard InChI is InChI=1S/C29H30N4O5/c1-5-38-29(37)19-11-13-21-22(15-19)31-28(36)26(21)27(18-9-7-6-8-10-18)30-20-12-14-23(24(34)16-20)33(4)25(35)17-32(2)3/h6-16,26,34H,5,17H2,1-4H3,(H,31,36). The zero-order valence-electron chi connectivity index (χ0n) is 21.8. The second-order valence-corrected chi connectivity index (χ2v) is 9.17. The summed E-state index contributed by atoms with van der Waals surface area (Å²) in [5.41, 5.74) is 3.54. The first-order valence-electron chi connectivity index (χ1n) is 12.2. The highest BCUT2D eigenvalue weighted by atomic mass is 16.5. The van der Waals surface area contributed by atoms with Crippen LogP contribution < -0.4 is 10.2 Å². The van der Waals surface area contributed by atoms with Gasteiger partial charge in [0.2, 0.25) is 11.8 Å². The third kappa shape index (κ3) is 5.57. The number of nitrogens with zero attached hydrogens (tertiary/aromatic N) is 3. The molecule has 1 heterocycles. The molecule has 1 aliphatic heterocycles. The summed E-state index contributed by atoms with van der Waals surface area (Å²) >= 11 is 0. The maximum Gasteiger partial charge on any atom is 0.338 e. The fourth-order valence-corrected chi connectivity index (χ4v) is 4.29. The molecule has 1 unspecified atom stereocenters. The SMILES string of the molecule is CCOC(=O)c1ccc2c(c1)NC(=O)C2C(=Nc1ccc(N(C)C(=O)CN(C)C)c(O)c1)c1ccccc1. The molecular formula is C29H30N4O5. The molecule has 0 fully saturated rings. The largest absolute Gasteiger partial charge is 0.506 e. The molecule has 3 aromatic rings. The molecule has 2 N–H and O–H groups in total. The Bertz CT molecular complexity index is 1400. The van der Waals surface area contributed by atoms with Crippen LogP contribution in [0.4, 0.5) is 17.1 Å². The van der Waals surface area contributed by atoms with Gasteiger partial charge in [-0.15, -0.1) is 0 Å². The number of carbonyl (C=O) groups excluding carboxylic acids is 3. The Hall–Kier alpha value is -4.50. The lowest BCUT2D eigenvalue weighted by atomic mass is 9.90. The molecule has 1 aliphatic rings. The van der Waals surface area contributed by atoms with Crippen molar-refractivity contribution in [2.24, 2.45) is 4.99 Å². The van der Waals surface area contributed by atoms with Crippen LogP contribution in [0.1, 0.15) is 34.3 Å². The number of likely N-dealkylation sites (N-methyl/N-ethyl adjacent to an activating group) is 2. The first kappa shape index (κ1) is 26.6. The lowest BCUT2D eigenvalue weighted by Crippen LogP contribution is -2.35. The van der Waals surface area contributed by atoms with Crippen LogP contribution in [-0.2, 0) is 14.3 Å². The van der Waals surface area contributed by atoms with Crippen LogP contribution in [0.3, 0.4) is 0 Å². The van der Waals surface area contributed by atoms with Crippen molar-refractivity contribution in [3.8, 4) is 5.75 Å². The van der Waals surface area contributed by atoms with E-state index >= 15 is 0 Å². The monoisotopic (exact) mass is 514 g/mol. The smallest absolute Gasteiger partial charge is 0.338 e. The highest BCUT2D eigenvalue weighted by Crippen LogP contribution is 2.38. The first-order chi connectivity index (χ1) is 18.2. The van der Waals surface area contributed by atoms with Gasteiger partial charge in [-0.2, -0.15) is 0 Å². The summed E-state index contributed by atoms with van der Waals surface area (Å²) in [6.07, 6.45) is 0. The predicted molar refractivity (Wildman–Crippen MR) is 146 cm³/mol. The lowest BCUT2D eigenvalue weighted by Gasteiger charge is -2.21. The number of nitrogens with one attached hydrogen (secondary N) is 1. The number of aliphatic imine (C=N–C) groups is 1. The van der Waals surface area contributed by atoms with E-state index < -0.39 is 11.9 Å². The Morgan fingerprint density at radius 2 is 1.74 bits per heavy atom. The van der Waals surface area contributed by atoms with Crippen molar-refractivity contribution in [1.29, 1.82) is 0 Å². The van der Waals surface area contributed by atoms with Gasteiger partial charge in [0.1, 0.15) is 11.7 Å². The summed E-state index contributed by atoms with van der Waals surface area (Å²) in [4.78, 5) is 45.8. The van der Waals surface area contributed by atoms with Crippen molar-refractivity contribution in [3.05, 3.63) is 83.4 Å². The molecule has 0 spiro atoms. The molecule has 1 atom stereocenters. The molecule has 38 heavy (non-hydrogen) atoms. The van der Waals surface area contributed by atoms with Crippen LogP contribution in [-0.4, -0.2) is 67.8 Å². The highest BCUT2D eigenvalue weighted by Gasteiger charge is 2.36. The summed E-state index contributed by atoms with van der Waals surface area (Å²) in [7, 11) is 5.19. The molecule has 4 rings (SSSR count). The van der Waals surface area contributed by atoms with E-state index in [1.54, 1.807) is 63.3 Å². The quantitative estimate of drug-likeness (QED) is 0.348. The summed E-state index contributed by atoms with van der Waals surface area (Å²) in [5, 5.41) is 13.6. The van der Waals surface area contributed by atoms with Gasteiger partial charge < -0.3 is 25.0 Å². The fourth-order valence-electron chi connectivity index (χ4n) is 4.29. The average Bonchev–Trinajstić information content (AvgIpc) is 3.21. The van der Waals surface area contributed by atoms with Gasteiger partial charge in [0, 0.05) is 18.8 Å². The number of carbonyl (C=O) groups is 3. The number of ether oxygens (including phenoxy) is 1. The molecule has 0 saturated heterocycles. The molecule has 9 nitrogen and oxygen atoms in total. The van der Waals surface area contributed by atoms with Crippen molar-refractivity contribution in [2.75, 3.05) is 44.5 Å². The van der Waals surface area contributed by atoms with Crippen molar-refractivity contribution in [3.63, 3.8) is 0 Å². The average molecular weight is 515 g/mol. The third-order valence-corrected chi connectivity index (χ3v) is 6.13. The zero-order valence-corrected chi connectivity index (χ0v) is 21.8. The number of hydrogen-bond donors (Lipinski definition) is 2. The zero-order chi connectivity index (χ0) is 27.4. The first-order valence-corrected chi connectivity index (χ1v) is 12.2. The van der Waals surface area contributed by atoms with Gasteiger partial charge in [-0.3, -0.25) is 14.6 Å². The van der Waals surface area contributed by atoms with Crippen molar-refractivity contribution in [2.45, 2.75) is 12.8 Å². The van der Waals surface area contributed by atoms with Crippen LogP contribution in [0.15, 0.2) is 71.7 Å². The Morgan fingerprint density at radius 1 is 1.00 bits per heavy atom. The normalized spacial score (nSPS) is 14.7. The minimum absolute atomic E-state index is 0.108. The van der Waals surface area contributed by atoms with Crippen LogP contribution >= 0.6 is 0 Å².